The van der Waals surface area contributed by atoms with E-state index in [9.17, 15) is 5.11 Å². The van der Waals surface area contributed by atoms with Crippen LogP contribution in [0.1, 0.15) is 17.2 Å². The molecular weight excluding hydrogens is 293 g/mol. The van der Waals surface area contributed by atoms with Gasteiger partial charge in [0.2, 0.25) is 0 Å². The van der Waals surface area contributed by atoms with Crippen LogP contribution in [0.25, 0.3) is 0 Å². The second kappa shape index (κ2) is 7.09. The summed E-state index contributed by atoms with van der Waals surface area (Å²) in [6.45, 7) is 0.712. The van der Waals surface area contributed by atoms with Gasteiger partial charge >= 0.3 is 0 Å². The van der Waals surface area contributed by atoms with Gasteiger partial charge in [0, 0.05) is 16.6 Å². The number of likely N-dealkylation sites (N-methyl/N-ethyl adjacent to an activating group) is 1. The summed E-state index contributed by atoms with van der Waals surface area (Å²) in [6, 6.07) is 15.6. The number of aliphatic hydroxyl groups is 1. The molecule has 1 N–H and O–H groups in total. The molecule has 106 valence electrons. The van der Waals surface area contributed by atoms with Crippen molar-refractivity contribution >= 4 is 23.2 Å². The number of halogens is 2. The van der Waals surface area contributed by atoms with Gasteiger partial charge in [-0.05, 0) is 42.4 Å². The molecule has 20 heavy (non-hydrogen) atoms. The Balaban J connectivity index is 2.38. The molecule has 0 heterocycles. The minimum Gasteiger partial charge on any atom is -0.395 e. The Morgan fingerprint density at radius 3 is 1.65 bits per heavy atom. The number of aliphatic hydroxyl groups excluding tert-OH is 1. The smallest absolute Gasteiger partial charge is 0.0600 e. The molecule has 2 aromatic rings. The van der Waals surface area contributed by atoms with Crippen LogP contribution >= 0.6 is 23.2 Å². The molecule has 4 heteroatoms. The molecule has 0 aliphatic heterocycles. The maximum atomic E-state index is 9.18. The van der Waals surface area contributed by atoms with E-state index in [0.717, 1.165) is 11.1 Å². The van der Waals surface area contributed by atoms with Crippen LogP contribution in [0.15, 0.2) is 48.5 Å². The van der Waals surface area contributed by atoms with E-state index >= 15 is 0 Å². The average molecular weight is 310 g/mol. The van der Waals surface area contributed by atoms with E-state index in [0.29, 0.717) is 16.6 Å². The minimum absolute atomic E-state index is 0.0664. The first-order chi connectivity index (χ1) is 9.61. The third-order valence-corrected chi connectivity index (χ3v) is 3.77. The third-order valence-electron chi connectivity index (χ3n) is 3.26. The van der Waals surface area contributed by atoms with E-state index < -0.39 is 0 Å². The van der Waals surface area contributed by atoms with Crippen LogP contribution in [-0.4, -0.2) is 30.2 Å². The number of rotatable bonds is 5. The molecule has 0 aromatic heterocycles. The summed E-state index contributed by atoms with van der Waals surface area (Å²) in [5, 5.41) is 10.6. The summed E-state index contributed by atoms with van der Waals surface area (Å²) in [7, 11) is 1.99. The molecule has 0 radical (unpaired) electrons. The van der Waals surface area contributed by atoms with E-state index in [1.807, 2.05) is 55.6 Å². The predicted octanol–water partition coefficient (Wildman–Crippen LogP) is 4.01. The van der Waals surface area contributed by atoms with E-state index in [4.69, 9.17) is 23.2 Å². The molecule has 0 fully saturated rings. The first-order valence-electron chi connectivity index (χ1n) is 6.44. The number of benzene rings is 2. The van der Waals surface area contributed by atoms with Crippen molar-refractivity contribution in [2.45, 2.75) is 6.04 Å². The highest BCUT2D eigenvalue weighted by Crippen LogP contribution is 2.29. The SMILES string of the molecule is CN(CCO)C(c1ccc(Cl)cc1)c1ccc(Cl)cc1. The summed E-state index contributed by atoms with van der Waals surface area (Å²) >= 11 is 11.9. The third kappa shape index (κ3) is 3.74. The fraction of sp³-hybridized carbons (Fsp3) is 0.250. The van der Waals surface area contributed by atoms with Crippen molar-refractivity contribution in [3.8, 4) is 0 Å². The summed E-state index contributed by atoms with van der Waals surface area (Å²) in [5.41, 5.74) is 2.26. The zero-order valence-corrected chi connectivity index (χ0v) is 12.8. The normalized spacial score (nSPS) is 11.3. The zero-order valence-electron chi connectivity index (χ0n) is 11.3. The summed E-state index contributed by atoms with van der Waals surface area (Å²) in [6.07, 6.45) is 0. The van der Waals surface area contributed by atoms with Crippen LogP contribution in [-0.2, 0) is 0 Å². The molecule has 0 aliphatic rings. The largest absolute Gasteiger partial charge is 0.395 e. The Bertz CT molecular complexity index is 494. The highest BCUT2D eigenvalue weighted by atomic mass is 35.5. The lowest BCUT2D eigenvalue weighted by molar-refractivity contribution is 0.197. The van der Waals surface area contributed by atoms with Gasteiger partial charge in [-0.1, -0.05) is 47.5 Å². The van der Waals surface area contributed by atoms with Crippen molar-refractivity contribution in [1.29, 1.82) is 0 Å². The first-order valence-corrected chi connectivity index (χ1v) is 7.19. The maximum absolute atomic E-state index is 9.18. The van der Waals surface area contributed by atoms with Gasteiger partial charge in [0.25, 0.3) is 0 Å². The maximum Gasteiger partial charge on any atom is 0.0600 e. The Kier molecular flexibility index (Phi) is 5.44. The molecular formula is C16H17Cl2NO. The molecule has 0 spiro atoms. The molecule has 0 saturated carbocycles. The molecule has 2 nitrogen and oxygen atoms in total. The monoisotopic (exact) mass is 309 g/mol. The topological polar surface area (TPSA) is 23.5 Å². The van der Waals surface area contributed by atoms with Crippen LogP contribution in [0.2, 0.25) is 10.0 Å². The Morgan fingerprint density at radius 1 is 0.900 bits per heavy atom. The Labute approximate surface area is 129 Å². The first kappa shape index (κ1) is 15.3. The second-order valence-electron chi connectivity index (χ2n) is 4.71. The van der Waals surface area contributed by atoms with Gasteiger partial charge in [-0.2, -0.15) is 0 Å². The lowest BCUT2D eigenvalue weighted by atomic mass is 9.97. The van der Waals surface area contributed by atoms with Crippen molar-refractivity contribution in [1.82, 2.24) is 4.90 Å². The van der Waals surface area contributed by atoms with E-state index in [-0.39, 0.29) is 12.6 Å². The summed E-state index contributed by atoms with van der Waals surface area (Å²) < 4.78 is 0. The Hall–Kier alpha value is -1.06. The second-order valence-corrected chi connectivity index (χ2v) is 5.58. The van der Waals surface area contributed by atoms with E-state index in [1.54, 1.807) is 0 Å². The van der Waals surface area contributed by atoms with Crippen LogP contribution in [0, 0.1) is 0 Å². The fourth-order valence-electron chi connectivity index (χ4n) is 2.28. The predicted molar refractivity (Wildman–Crippen MR) is 84.5 cm³/mol. The molecule has 0 unspecified atom stereocenters. The van der Waals surface area contributed by atoms with Crippen molar-refractivity contribution < 1.29 is 5.11 Å². The highest BCUT2D eigenvalue weighted by Gasteiger charge is 2.18. The lowest BCUT2D eigenvalue weighted by Crippen LogP contribution is -2.28. The van der Waals surface area contributed by atoms with Gasteiger partial charge in [-0.15, -0.1) is 0 Å². The van der Waals surface area contributed by atoms with Gasteiger partial charge in [-0.3, -0.25) is 4.90 Å². The van der Waals surface area contributed by atoms with E-state index in [1.165, 1.54) is 0 Å². The molecule has 0 atom stereocenters. The van der Waals surface area contributed by atoms with Crippen molar-refractivity contribution in [2.24, 2.45) is 0 Å². The highest BCUT2D eigenvalue weighted by molar-refractivity contribution is 6.30. The van der Waals surface area contributed by atoms with Crippen molar-refractivity contribution in [3.05, 3.63) is 69.7 Å². The van der Waals surface area contributed by atoms with Crippen molar-refractivity contribution in [2.75, 3.05) is 20.2 Å². The molecule has 0 amide bonds. The fourth-order valence-corrected chi connectivity index (χ4v) is 2.53. The van der Waals surface area contributed by atoms with Crippen LogP contribution < -0.4 is 0 Å². The number of hydrogen-bond donors (Lipinski definition) is 1. The Morgan fingerprint density at radius 2 is 1.30 bits per heavy atom. The van der Waals surface area contributed by atoms with Gasteiger partial charge in [0.05, 0.1) is 12.6 Å². The molecule has 0 bridgehead atoms. The molecule has 2 rings (SSSR count). The standard InChI is InChI=1S/C16H17Cl2NO/c1-19(10-11-20)16(12-2-6-14(17)7-3-12)13-4-8-15(18)9-5-13/h2-9,16,20H,10-11H2,1H3. The molecule has 0 saturated heterocycles. The molecule has 0 aliphatic carbocycles. The van der Waals surface area contributed by atoms with Crippen LogP contribution in [0.5, 0.6) is 0 Å². The van der Waals surface area contributed by atoms with Crippen molar-refractivity contribution in [3.63, 3.8) is 0 Å². The quantitative estimate of drug-likeness (QED) is 0.902. The minimum atomic E-state index is 0.0664. The van der Waals surface area contributed by atoms with E-state index in [2.05, 4.69) is 4.90 Å². The molecule has 2 aromatic carbocycles. The number of nitrogens with zero attached hydrogens (tertiary/aromatic N) is 1. The zero-order chi connectivity index (χ0) is 14.5. The summed E-state index contributed by atoms with van der Waals surface area (Å²) in [4.78, 5) is 2.10. The van der Waals surface area contributed by atoms with Gasteiger partial charge in [0.15, 0.2) is 0 Å². The average Bonchev–Trinajstić information content (AvgIpc) is 2.44. The van der Waals surface area contributed by atoms with Crippen LogP contribution in [0.4, 0.5) is 0 Å². The van der Waals surface area contributed by atoms with Gasteiger partial charge in [0.1, 0.15) is 0 Å². The lowest BCUT2D eigenvalue weighted by Gasteiger charge is -2.28. The summed E-state index contributed by atoms with van der Waals surface area (Å²) in [5.74, 6) is 0. The number of hydrogen-bond acceptors (Lipinski definition) is 2. The van der Waals surface area contributed by atoms with Crippen LogP contribution in [0.3, 0.4) is 0 Å². The van der Waals surface area contributed by atoms with Gasteiger partial charge < -0.3 is 5.11 Å². The van der Waals surface area contributed by atoms with Gasteiger partial charge in [-0.25, -0.2) is 0 Å².